The minimum Gasteiger partial charge on any atom is -0.334 e. The second kappa shape index (κ2) is 8.06. The minimum atomic E-state index is 0.112. The van der Waals surface area contributed by atoms with Gasteiger partial charge in [0.2, 0.25) is 5.91 Å². The van der Waals surface area contributed by atoms with Crippen molar-refractivity contribution < 1.29 is 4.79 Å². The molecule has 3 heterocycles. The van der Waals surface area contributed by atoms with Crippen LogP contribution in [0.25, 0.3) is 0 Å². The van der Waals surface area contributed by atoms with Crippen LogP contribution in [-0.2, 0) is 17.8 Å². The molecule has 2 aromatic rings. The lowest BCUT2D eigenvalue weighted by Crippen LogP contribution is -2.49. The Kier molecular flexibility index (Phi) is 5.81. The molecule has 1 N–H and O–H groups in total. The van der Waals surface area contributed by atoms with Gasteiger partial charge >= 0.3 is 0 Å². The molecule has 1 aliphatic heterocycles. The number of carbonyl (C=O) groups excluding carboxylic acids is 1. The Morgan fingerprint density at radius 1 is 1.36 bits per heavy atom. The third kappa shape index (κ3) is 4.25. The molecule has 0 radical (unpaired) electrons. The molecular weight excluding hydrogens is 332 g/mol. The van der Waals surface area contributed by atoms with Gasteiger partial charge < -0.3 is 10.2 Å². The summed E-state index contributed by atoms with van der Waals surface area (Å²) in [5.41, 5.74) is 1.08. The zero-order valence-corrected chi connectivity index (χ0v) is 16.0. The number of hydrogen-bond acceptors (Lipinski definition) is 5. The predicted molar refractivity (Wildman–Crippen MR) is 100 cm³/mol. The van der Waals surface area contributed by atoms with E-state index in [2.05, 4.69) is 41.3 Å². The molecule has 1 saturated heterocycles. The second-order valence-electron chi connectivity index (χ2n) is 6.60. The highest BCUT2D eigenvalue weighted by Gasteiger charge is 2.34. The molecule has 0 aromatic carbocycles. The van der Waals surface area contributed by atoms with Gasteiger partial charge in [-0.05, 0) is 31.9 Å². The van der Waals surface area contributed by atoms with Gasteiger partial charge in [-0.1, -0.05) is 6.92 Å². The molecule has 6 heteroatoms. The summed E-state index contributed by atoms with van der Waals surface area (Å²) in [5.74, 6) is 1.02. The zero-order valence-electron chi connectivity index (χ0n) is 15.2. The molecule has 0 unspecified atom stereocenters. The number of carbonyl (C=O) groups is 1. The van der Waals surface area contributed by atoms with Gasteiger partial charge in [-0.2, -0.15) is 0 Å². The largest absolute Gasteiger partial charge is 0.334 e. The maximum Gasteiger partial charge on any atom is 0.220 e. The Morgan fingerprint density at radius 3 is 2.72 bits per heavy atom. The van der Waals surface area contributed by atoms with E-state index in [9.17, 15) is 4.79 Å². The molecule has 2 atom stereocenters. The first-order valence-electron chi connectivity index (χ1n) is 8.95. The standard InChI is InChI=1S/C19H26N4OS/c1-4-18-21-11-15(12-22-18)10-20-16-6-5-9-23(14(3)24)19(16)17-8-7-13(2)25-17/h7-8,11-12,16,19-20H,4-6,9-10H2,1-3H3/t16-,19-/m1/s1. The Hall–Kier alpha value is -1.79. The van der Waals surface area contributed by atoms with E-state index in [1.165, 1.54) is 9.75 Å². The Balaban J connectivity index is 1.75. The van der Waals surface area contributed by atoms with Crippen molar-refractivity contribution in [1.82, 2.24) is 20.2 Å². The van der Waals surface area contributed by atoms with Crippen molar-refractivity contribution in [3.63, 3.8) is 0 Å². The topological polar surface area (TPSA) is 58.1 Å². The lowest BCUT2D eigenvalue weighted by Gasteiger charge is -2.41. The normalized spacial score (nSPS) is 20.7. The molecular formula is C19H26N4OS. The molecule has 0 aliphatic carbocycles. The lowest BCUT2D eigenvalue weighted by atomic mass is 9.94. The summed E-state index contributed by atoms with van der Waals surface area (Å²) in [6, 6.07) is 4.67. The molecule has 0 saturated carbocycles. The highest BCUT2D eigenvalue weighted by Crippen LogP contribution is 2.35. The first-order chi connectivity index (χ1) is 12.1. The van der Waals surface area contributed by atoms with Gasteiger partial charge in [0.05, 0.1) is 6.04 Å². The van der Waals surface area contributed by atoms with Gasteiger partial charge in [0.25, 0.3) is 0 Å². The highest BCUT2D eigenvalue weighted by atomic mass is 32.1. The summed E-state index contributed by atoms with van der Waals surface area (Å²) in [6.07, 6.45) is 6.75. The van der Waals surface area contributed by atoms with Crippen LogP contribution in [0.3, 0.4) is 0 Å². The average molecular weight is 359 g/mol. The van der Waals surface area contributed by atoms with E-state index in [4.69, 9.17) is 0 Å². The van der Waals surface area contributed by atoms with Crippen molar-refractivity contribution in [3.8, 4) is 0 Å². The molecule has 0 bridgehead atoms. The van der Waals surface area contributed by atoms with E-state index in [-0.39, 0.29) is 18.0 Å². The third-order valence-corrected chi connectivity index (χ3v) is 5.80. The predicted octanol–water partition coefficient (Wildman–Crippen LogP) is 3.25. The van der Waals surface area contributed by atoms with Crippen molar-refractivity contribution in [2.45, 2.75) is 58.7 Å². The Bertz CT molecular complexity index is 712. The van der Waals surface area contributed by atoms with Crippen LogP contribution < -0.4 is 5.32 Å². The van der Waals surface area contributed by atoms with Gasteiger partial charge in [0, 0.05) is 60.2 Å². The van der Waals surface area contributed by atoms with Crippen molar-refractivity contribution in [3.05, 3.63) is 45.7 Å². The van der Waals surface area contributed by atoms with E-state index in [0.717, 1.165) is 43.7 Å². The maximum atomic E-state index is 12.2. The van der Waals surface area contributed by atoms with Crippen molar-refractivity contribution >= 4 is 17.2 Å². The van der Waals surface area contributed by atoms with Gasteiger partial charge in [0.1, 0.15) is 5.82 Å². The molecule has 5 nitrogen and oxygen atoms in total. The van der Waals surface area contributed by atoms with Crippen LogP contribution in [-0.4, -0.2) is 33.4 Å². The van der Waals surface area contributed by atoms with E-state index in [0.29, 0.717) is 0 Å². The molecule has 0 spiro atoms. The number of likely N-dealkylation sites (tertiary alicyclic amines) is 1. The van der Waals surface area contributed by atoms with Gasteiger partial charge in [-0.15, -0.1) is 11.3 Å². The molecule has 1 fully saturated rings. The summed E-state index contributed by atoms with van der Waals surface area (Å²) < 4.78 is 0. The van der Waals surface area contributed by atoms with Crippen LogP contribution in [0.15, 0.2) is 24.5 Å². The van der Waals surface area contributed by atoms with Crippen LogP contribution in [0.4, 0.5) is 0 Å². The average Bonchev–Trinajstić information content (AvgIpc) is 3.06. The van der Waals surface area contributed by atoms with Crippen LogP contribution >= 0.6 is 11.3 Å². The number of amides is 1. The van der Waals surface area contributed by atoms with Crippen LogP contribution in [0, 0.1) is 6.92 Å². The Morgan fingerprint density at radius 2 is 2.12 bits per heavy atom. The summed E-state index contributed by atoms with van der Waals surface area (Å²) in [4.78, 5) is 25.5. The summed E-state index contributed by atoms with van der Waals surface area (Å²) in [5, 5.41) is 3.65. The zero-order chi connectivity index (χ0) is 17.8. The maximum absolute atomic E-state index is 12.2. The number of rotatable bonds is 5. The molecule has 1 aliphatic rings. The summed E-state index contributed by atoms with van der Waals surface area (Å²) >= 11 is 1.79. The quantitative estimate of drug-likeness (QED) is 0.891. The van der Waals surface area contributed by atoms with Crippen LogP contribution in [0.1, 0.15) is 53.9 Å². The fourth-order valence-electron chi connectivity index (χ4n) is 3.43. The molecule has 25 heavy (non-hydrogen) atoms. The van der Waals surface area contributed by atoms with E-state index < -0.39 is 0 Å². The van der Waals surface area contributed by atoms with E-state index in [1.54, 1.807) is 18.3 Å². The lowest BCUT2D eigenvalue weighted by molar-refractivity contribution is -0.133. The number of aryl methyl sites for hydroxylation is 2. The number of hydrogen-bond donors (Lipinski definition) is 1. The fraction of sp³-hybridized carbons (Fsp3) is 0.526. The first kappa shape index (κ1) is 18.0. The van der Waals surface area contributed by atoms with Crippen LogP contribution in [0.2, 0.25) is 0 Å². The molecule has 3 rings (SSSR count). The van der Waals surface area contributed by atoms with Crippen molar-refractivity contribution in [2.75, 3.05) is 6.54 Å². The van der Waals surface area contributed by atoms with Gasteiger partial charge in [-0.3, -0.25) is 4.79 Å². The smallest absolute Gasteiger partial charge is 0.220 e. The van der Waals surface area contributed by atoms with Crippen molar-refractivity contribution in [2.24, 2.45) is 0 Å². The monoisotopic (exact) mass is 358 g/mol. The number of thiophene rings is 1. The highest BCUT2D eigenvalue weighted by molar-refractivity contribution is 7.12. The summed E-state index contributed by atoms with van der Waals surface area (Å²) in [6.45, 7) is 7.40. The number of aromatic nitrogens is 2. The first-order valence-corrected chi connectivity index (χ1v) is 9.77. The summed E-state index contributed by atoms with van der Waals surface area (Å²) in [7, 11) is 0. The van der Waals surface area contributed by atoms with E-state index >= 15 is 0 Å². The van der Waals surface area contributed by atoms with Crippen molar-refractivity contribution in [1.29, 1.82) is 0 Å². The molecule has 2 aromatic heterocycles. The van der Waals surface area contributed by atoms with Crippen LogP contribution in [0.5, 0.6) is 0 Å². The second-order valence-corrected chi connectivity index (χ2v) is 7.92. The third-order valence-electron chi connectivity index (χ3n) is 4.73. The minimum absolute atomic E-state index is 0.112. The fourth-order valence-corrected chi connectivity index (χ4v) is 4.49. The molecule has 134 valence electrons. The number of piperidine rings is 1. The number of nitrogens with zero attached hydrogens (tertiary/aromatic N) is 3. The molecule has 1 amide bonds. The SMILES string of the molecule is CCc1ncc(CN[C@@H]2CCCN(C(C)=O)[C@H]2c2ccc(C)s2)cn1. The van der Waals surface area contributed by atoms with E-state index in [1.807, 2.05) is 17.3 Å². The Labute approximate surface area is 153 Å². The van der Waals surface area contributed by atoms with Gasteiger partial charge in [-0.25, -0.2) is 9.97 Å². The number of nitrogens with one attached hydrogen (secondary N) is 1. The van der Waals surface area contributed by atoms with Gasteiger partial charge in [0.15, 0.2) is 0 Å².